The van der Waals surface area contributed by atoms with E-state index in [1.54, 1.807) is 11.8 Å². The van der Waals surface area contributed by atoms with Crippen LogP contribution < -0.4 is 4.74 Å². The number of carboxylic acids is 1. The molecule has 1 unspecified atom stereocenters. The molecule has 0 amide bonds. The lowest BCUT2D eigenvalue weighted by atomic mass is 9.76. The molecule has 0 fully saturated rings. The quantitative estimate of drug-likeness (QED) is 0.117. The summed E-state index contributed by atoms with van der Waals surface area (Å²) in [6.07, 6.45) is 0.251. The van der Waals surface area contributed by atoms with Gasteiger partial charge in [-0.2, -0.15) is 0 Å². The minimum atomic E-state index is -0.916. The van der Waals surface area contributed by atoms with E-state index in [-0.39, 0.29) is 52.1 Å². The molecular formula is C36H54O5S2. The minimum absolute atomic E-state index is 0.0239. The van der Waals surface area contributed by atoms with Crippen LogP contribution in [0.4, 0.5) is 0 Å². The third-order valence-electron chi connectivity index (χ3n) is 7.27. The van der Waals surface area contributed by atoms with Gasteiger partial charge in [-0.25, -0.2) is 0 Å². The van der Waals surface area contributed by atoms with Gasteiger partial charge in [-0.15, -0.1) is 23.5 Å². The monoisotopic (exact) mass is 630 g/mol. The summed E-state index contributed by atoms with van der Waals surface area (Å²) < 4.78 is 6.20. The summed E-state index contributed by atoms with van der Waals surface area (Å²) in [4.78, 5) is 26.1. The fourth-order valence-corrected chi connectivity index (χ4v) is 7.44. The van der Waals surface area contributed by atoms with Crippen LogP contribution >= 0.6 is 23.5 Å². The van der Waals surface area contributed by atoms with Gasteiger partial charge in [-0.3, -0.25) is 9.59 Å². The van der Waals surface area contributed by atoms with Gasteiger partial charge in [0.15, 0.2) is 0 Å². The van der Waals surface area contributed by atoms with Gasteiger partial charge in [0.2, 0.25) is 0 Å². The summed E-state index contributed by atoms with van der Waals surface area (Å²) >= 11 is 3.61. The summed E-state index contributed by atoms with van der Waals surface area (Å²) in [6, 6.07) is 8.78. The molecule has 2 aromatic rings. The molecule has 1 atom stereocenters. The maximum absolute atomic E-state index is 12.8. The second-order valence-electron chi connectivity index (χ2n) is 15.5. The van der Waals surface area contributed by atoms with Crippen LogP contribution in [-0.2, 0) is 37.9 Å². The number of aliphatic carboxylic acids is 1. The fourth-order valence-electron chi connectivity index (χ4n) is 5.07. The van der Waals surface area contributed by atoms with Gasteiger partial charge in [0.05, 0.1) is 11.2 Å². The van der Waals surface area contributed by atoms with Gasteiger partial charge >= 0.3 is 11.9 Å². The van der Waals surface area contributed by atoms with Crippen molar-refractivity contribution in [2.75, 3.05) is 0 Å². The number of thioether (sulfide) groups is 2. The average Bonchev–Trinajstić information content (AvgIpc) is 2.81. The van der Waals surface area contributed by atoms with Crippen LogP contribution in [-0.4, -0.2) is 26.7 Å². The van der Waals surface area contributed by atoms with Gasteiger partial charge in [-0.1, -0.05) is 83.1 Å². The Kier molecular flexibility index (Phi) is 12.1. The highest BCUT2D eigenvalue weighted by Gasteiger charge is 2.31. The molecule has 2 aromatic carbocycles. The normalized spacial score (nSPS) is 13.6. The SMILES string of the molecule is CC(Sc1cc(C(C)(C)C)c(CO)c(C(C)(C)C)c1)Sc1cc(C(C)(C)C)c(OC(=O)CCCC(=O)O)c(C(C)(C)C)c1. The Labute approximate surface area is 269 Å². The Hall–Kier alpha value is -1.96. The van der Waals surface area contributed by atoms with Crippen molar-refractivity contribution >= 4 is 35.5 Å². The van der Waals surface area contributed by atoms with Crippen molar-refractivity contribution in [2.45, 2.75) is 152 Å². The second-order valence-corrected chi connectivity index (χ2v) is 18.7. The molecule has 0 bridgehead atoms. The number of rotatable bonds is 10. The third-order valence-corrected chi connectivity index (χ3v) is 9.52. The predicted octanol–water partition coefficient (Wildman–Crippen LogP) is 9.76. The summed E-state index contributed by atoms with van der Waals surface area (Å²) in [7, 11) is 0. The number of carboxylic acid groups (broad SMARTS) is 1. The van der Waals surface area contributed by atoms with E-state index < -0.39 is 11.9 Å². The highest BCUT2D eigenvalue weighted by molar-refractivity contribution is 8.17. The first-order valence-electron chi connectivity index (χ1n) is 15.2. The molecule has 0 saturated heterocycles. The molecule has 2 rings (SSSR count). The molecular weight excluding hydrogens is 577 g/mol. The van der Waals surface area contributed by atoms with Crippen molar-refractivity contribution in [3.8, 4) is 5.75 Å². The van der Waals surface area contributed by atoms with Crippen LogP contribution in [0.2, 0.25) is 0 Å². The standard InChI is InChI=1S/C36H54O5S2/c1-22(42-23-17-26(33(2,3)4)25(21-37)27(18-23)34(5,6)7)43-24-19-28(35(8,9)10)32(29(20-24)36(11,12)13)41-31(40)16-14-15-30(38)39/h17-20,22,37H,14-16,21H2,1-13H3,(H,38,39). The number of ether oxygens (including phenoxy) is 1. The molecule has 0 spiro atoms. The van der Waals surface area contributed by atoms with Crippen molar-refractivity contribution in [1.29, 1.82) is 0 Å². The Morgan fingerprint density at radius 2 is 1.07 bits per heavy atom. The Morgan fingerprint density at radius 3 is 1.40 bits per heavy atom. The largest absolute Gasteiger partial charge is 0.481 e. The lowest BCUT2D eigenvalue weighted by Gasteiger charge is -2.31. The number of carbonyl (C=O) groups is 2. The number of benzene rings is 2. The van der Waals surface area contributed by atoms with Gasteiger partial charge in [0.25, 0.3) is 0 Å². The molecule has 0 aliphatic rings. The summed E-state index contributed by atoms with van der Waals surface area (Å²) in [5.74, 6) is -0.730. The molecule has 2 N–H and O–H groups in total. The average molecular weight is 631 g/mol. The number of hydrogen-bond donors (Lipinski definition) is 2. The Morgan fingerprint density at radius 1 is 0.698 bits per heavy atom. The summed E-state index contributed by atoms with van der Waals surface area (Å²) in [6.45, 7) is 28.1. The first-order chi connectivity index (χ1) is 19.4. The van der Waals surface area contributed by atoms with E-state index in [2.05, 4.69) is 114 Å². The van der Waals surface area contributed by atoms with Crippen molar-refractivity contribution in [3.05, 3.63) is 52.1 Å². The zero-order valence-corrected chi connectivity index (χ0v) is 30.3. The Bertz CT molecular complexity index is 1230. The van der Waals surface area contributed by atoms with E-state index in [1.165, 1.54) is 16.0 Å². The van der Waals surface area contributed by atoms with Gasteiger partial charge < -0.3 is 14.9 Å². The highest BCUT2D eigenvalue weighted by atomic mass is 32.2. The van der Waals surface area contributed by atoms with Crippen LogP contribution in [0.3, 0.4) is 0 Å². The van der Waals surface area contributed by atoms with Gasteiger partial charge in [-0.05, 0) is 76.0 Å². The minimum Gasteiger partial charge on any atom is -0.481 e. The van der Waals surface area contributed by atoms with E-state index in [0.717, 1.165) is 21.6 Å². The van der Waals surface area contributed by atoms with E-state index in [1.807, 2.05) is 11.8 Å². The van der Waals surface area contributed by atoms with Gasteiger partial charge in [0.1, 0.15) is 5.75 Å². The van der Waals surface area contributed by atoms with E-state index in [9.17, 15) is 14.7 Å². The van der Waals surface area contributed by atoms with E-state index in [0.29, 0.717) is 5.75 Å². The highest BCUT2D eigenvalue weighted by Crippen LogP contribution is 2.46. The fraction of sp³-hybridized carbons (Fsp3) is 0.611. The second kappa shape index (κ2) is 14.0. The summed E-state index contributed by atoms with van der Waals surface area (Å²) in [5, 5.41) is 19.3. The maximum Gasteiger partial charge on any atom is 0.311 e. The van der Waals surface area contributed by atoms with Crippen LogP contribution in [0.5, 0.6) is 5.75 Å². The molecule has 240 valence electrons. The molecule has 0 aliphatic carbocycles. The maximum atomic E-state index is 12.8. The van der Waals surface area contributed by atoms with E-state index >= 15 is 0 Å². The smallest absolute Gasteiger partial charge is 0.311 e. The number of esters is 1. The lowest BCUT2D eigenvalue weighted by Crippen LogP contribution is -2.22. The first kappa shape index (κ1) is 37.2. The first-order valence-corrected chi connectivity index (χ1v) is 16.9. The molecule has 7 heteroatoms. The van der Waals surface area contributed by atoms with Crippen LogP contribution in [0.25, 0.3) is 0 Å². The zero-order chi connectivity index (χ0) is 33.1. The number of aliphatic hydroxyl groups excluding tert-OH is 1. The molecule has 0 aromatic heterocycles. The molecule has 5 nitrogen and oxygen atoms in total. The van der Waals surface area contributed by atoms with Crippen molar-refractivity contribution in [2.24, 2.45) is 0 Å². The number of aliphatic hydroxyl groups is 1. The molecule has 0 saturated carbocycles. The van der Waals surface area contributed by atoms with E-state index in [4.69, 9.17) is 9.84 Å². The van der Waals surface area contributed by atoms with Crippen molar-refractivity contribution in [3.63, 3.8) is 0 Å². The predicted molar refractivity (Wildman–Crippen MR) is 182 cm³/mol. The van der Waals surface area contributed by atoms with Crippen molar-refractivity contribution in [1.82, 2.24) is 0 Å². The Balaban J connectivity index is 2.53. The van der Waals surface area contributed by atoms with Crippen LogP contribution in [0.1, 0.15) is 137 Å². The lowest BCUT2D eigenvalue weighted by molar-refractivity contribution is -0.137. The molecule has 43 heavy (non-hydrogen) atoms. The number of hydrogen-bond acceptors (Lipinski definition) is 6. The van der Waals surface area contributed by atoms with Crippen LogP contribution in [0.15, 0.2) is 34.1 Å². The topological polar surface area (TPSA) is 83.8 Å². The molecule has 0 heterocycles. The number of carbonyl (C=O) groups excluding carboxylic acids is 1. The van der Waals surface area contributed by atoms with Crippen molar-refractivity contribution < 1.29 is 24.5 Å². The molecule has 0 aliphatic heterocycles. The third kappa shape index (κ3) is 10.6. The van der Waals surface area contributed by atoms with Crippen LogP contribution in [0, 0.1) is 0 Å². The summed E-state index contributed by atoms with van der Waals surface area (Å²) in [5.41, 5.74) is 4.54. The van der Waals surface area contributed by atoms with Gasteiger partial charge in [0, 0.05) is 33.8 Å². The molecule has 0 radical (unpaired) electrons. The zero-order valence-electron chi connectivity index (χ0n) is 28.7.